The molecule has 0 amide bonds. The van der Waals surface area contributed by atoms with Crippen molar-refractivity contribution in [3.05, 3.63) is 76.8 Å². The molecule has 0 aliphatic heterocycles. The van der Waals surface area contributed by atoms with Gasteiger partial charge in [0.15, 0.2) is 11.5 Å². The number of ether oxygens (including phenoxy) is 3. The molecular weight excluding hydrogens is 352 g/mol. The molecule has 0 aliphatic rings. The fourth-order valence-electron chi connectivity index (χ4n) is 2.25. The molecule has 0 heterocycles. The normalized spacial score (nSPS) is 10.6. The smallest absolute Gasteiger partial charge is 0.331 e. The zero-order valence-corrected chi connectivity index (χ0v) is 15.6. The van der Waals surface area contributed by atoms with E-state index in [1.165, 1.54) is 19.3 Å². The van der Waals surface area contributed by atoms with Crippen molar-refractivity contribution >= 4 is 23.6 Å². The van der Waals surface area contributed by atoms with E-state index in [-0.39, 0.29) is 6.61 Å². The van der Waals surface area contributed by atoms with Crippen LogP contribution in [0.25, 0.3) is 6.08 Å². The molecule has 4 nitrogen and oxygen atoms in total. The van der Waals surface area contributed by atoms with Crippen LogP contribution in [0.1, 0.15) is 16.7 Å². The van der Waals surface area contributed by atoms with Crippen LogP contribution in [0.3, 0.4) is 0 Å². The van der Waals surface area contributed by atoms with E-state index in [1.807, 2.05) is 31.2 Å². The second-order valence-electron chi connectivity index (χ2n) is 5.50. The SMILES string of the molecule is C=CCOC(=O)/C=C/c1cc(Cl)c(OCc2ccccc2C)c(OC)c1. The number of hydrogen-bond acceptors (Lipinski definition) is 4. The first-order chi connectivity index (χ1) is 12.5. The van der Waals surface area contributed by atoms with Crippen LogP contribution in [0.15, 0.2) is 55.1 Å². The number of aryl methyl sites for hydroxylation is 1. The Hall–Kier alpha value is -2.72. The average Bonchev–Trinajstić information content (AvgIpc) is 2.64. The summed E-state index contributed by atoms with van der Waals surface area (Å²) in [4.78, 5) is 11.5. The number of rotatable bonds is 8. The largest absolute Gasteiger partial charge is 0.493 e. The van der Waals surface area contributed by atoms with Crippen molar-refractivity contribution in [3.63, 3.8) is 0 Å². The number of esters is 1. The van der Waals surface area contributed by atoms with E-state index in [0.717, 1.165) is 11.1 Å². The Balaban J connectivity index is 2.16. The van der Waals surface area contributed by atoms with Crippen LogP contribution in [0, 0.1) is 6.92 Å². The van der Waals surface area contributed by atoms with Crippen molar-refractivity contribution in [2.24, 2.45) is 0 Å². The maximum Gasteiger partial charge on any atom is 0.331 e. The second-order valence-corrected chi connectivity index (χ2v) is 5.91. The summed E-state index contributed by atoms with van der Waals surface area (Å²) in [5, 5.41) is 0.400. The van der Waals surface area contributed by atoms with Gasteiger partial charge in [0.05, 0.1) is 12.1 Å². The van der Waals surface area contributed by atoms with Crippen LogP contribution >= 0.6 is 11.6 Å². The molecule has 2 aromatic carbocycles. The number of hydrogen-bond donors (Lipinski definition) is 0. The molecule has 2 aromatic rings. The average molecular weight is 373 g/mol. The Morgan fingerprint density at radius 2 is 2.04 bits per heavy atom. The van der Waals surface area contributed by atoms with Crippen LogP contribution < -0.4 is 9.47 Å². The van der Waals surface area contributed by atoms with Crippen molar-refractivity contribution in [3.8, 4) is 11.5 Å². The molecule has 0 aliphatic carbocycles. The van der Waals surface area contributed by atoms with Crippen molar-refractivity contribution in [2.45, 2.75) is 13.5 Å². The van der Waals surface area contributed by atoms with Gasteiger partial charge in [0.25, 0.3) is 0 Å². The monoisotopic (exact) mass is 372 g/mol. The third-order valence-corrected chi connectivity index (χ3v) is 3.92. The molecule has 0 saturated carbocycles. The van der Waals surface area contributed by atoms with Gasteiger partial charge in [0.1, 0.15) is 13.2 Å². The van der Waals surface area contributed by atoms with Crippen molar-refractivity contribution in [1.82, 2.24) is 0 Å². The molecule has 2 rings (SSSR count). The zero-order chi connectivity index (χ0) is 18.9. The first-order valence-electron chi connectivity index (χ1n) is 8.05. The summed E-state index contributed by atoms with van der Waals surface area (Å²) in [6.45, 7) is 6.06. The lowest BCUT2D eigenvalue weighted by molar-refractivity contribution is -0.136. The van der Waals surface area contributed by atoms with Crippen molar-refractivity contribution < 1.29 is 19.0 Å². The molecule has 0 atom stereocenters. The van der Waals surface area contributed by atoms with Gasteiger partial charge in [-0.25, -0.2) is 4.79 Å². The van der Waals surface area contributed by atoms with Gasteiger partial charge < -0.3 is 14.2 Å². The fourth-order valence-corrected chi connectivity index (χ4v) is 2.53. The number of carbonyl (C=O) groups excluding carboxylic acids is 1. The van der Waals surface area contributed by atoms with Crippen LogP contribution in [-0.2, 0) is 16.1 Å². The molecule has 136 valence electrons. The minimum atomic E-state index is -0.458. The Morgan fingerprint density at radius 1 is 1.27 bits per heavy atom. The Labute approximate surface area is 158 Å². The van der Waals surface area contributed by atoms with Gasteiger partial charge in [0, 0.05) is 6.08 Å². The van der Waals surface area contributed by atoms with Crippen LogP contribution in [0.4, 0.5) is 0 Å². The molecule has 0 spiro atoms. The molecule has 0 bridgehead atoms. The highest BCUT2D eigenvalue weighted by Gasteiger charge is 2.12. The molecular formula is C21H21ClO4. The molecule has 26 heavy (non-hydrogen) atoms. The molecule has 0 saturated heterocycles. The van der Waals surface area contributed by atoms with E-state index in [1.54, 1.807) is 18.2 Å². The predicted octanol–water partition coefficient (Wildman–Crippen LogP) is 4.98. The van der Waals surface area contributed by atoms with Gasteiger partial charge in [-0.2, -0.15) is 0 Å². The van der Waals surface area contributed by atoms with Gasteiger partial charge in [-0.3, -0.25) is 0 Å². The Kier molecular flexibility index (Phi) is 7.30. The number of methoxy groups -OCH3 is 1. The number of halogens is 1. The maximum atomic E-state index is 11.5. The minimum absolute atomic E-state index is 0.166. The van der Waals surface area contributed by atoms with Crippen LogP contribution in [0.2, 0.25) is 5.02 Å². The van der Waals surface area contributed by atoms with Crippen molar-refractivity contribution in [1.29, 1.82) is 0 Å². The molecule has 5 heteroatoms. The van der Waals surface area contributed by atoms with Gasteiger partial charge in [-0.1, -0.05) is 48.5 Å². The number of benzene rings is 2. The quantitative estimate of drug-likeness (QED) is 0.372. The van der Waals surface area contributed by atoms with Gasteiger partial charge in [-0.05, 0) is 41.8 Å². The lowest BCUT2D eigenvalue weighted by atomic mass is 10.1. The molecule has 0 unspecified atom stereocenters. The van der Waals surface area contributed by atoms with Crippen LogP contribution in [0.5, 0.6) is 11.5 Å². The summed E-state index contributed by atoms with van der Waals surface area (Å²) < 4.78 is 16.1. The second kappa shape index (κ2) is 9.68. The van der Waals surface area contributed by atoms with E-state index >= 15 is 0 Å². The van der Waals surface area contributed by atoms with Gasteiger partial charge in [0.2, 0.25) is 0 Å². The highest BCUT2D eigenvalue weighted by molar-refractivity contribution is 6.32. The standard InChI is InChI=1S/C21H21ClO4/c1-4-11-25-20(23)10-9-16-12-18(22)21(19(13-16)24-3)26-14-17-8-6-5-7-15(17)2/h4-10,12-13H,1,11,14H2,2-3H3/b10-9+. The molecule has 0 radical (unpaired) electrons. The summed E-state index contributed by atoms with van der Waals surface area (Å²) in [7, 11) is 1.54. The third kappa shape index (κ3) is 5.39. The summed E-state index contributed by atoms with van der Waals surface area (Å²) in [5.41, 5.74) is 2.91. The first-order valence-corrected chi connectivity index (χ1v) is 8.43. The van der Waals surface area contributed by atoms with Gasteiger partial charge >= 0.3 is 5.97 Å². The summed E-state index contributed by atoms with van der Waals surface area (Å²) in [5.74, 6) is 0.494. The first kappa shape index (κ1) is 19.6. The van der Waals surface area contributed by atoms with E-state index in [9.17, 15) is 4.79 Å². The highest BCUT2D eigenvalue weighted by atomic mass is 35.5. The Bertz CT molecular complexity index is 812. The van der Waals surface area contributed by atoms with Gasteiger partial charge in [-0.15, -0.1) is 0 Å². The van der Waals surface area contributed by atoms with E-state index in [0.29, 0.717) is 28.7 Å². The number of carbonyl (C=O) groups is 1. The zero-order valence-electron chi connectivity index (χ0n) is 14.8. The molecule has 0 aromatic heterocycles. The minimum Gasteiger partial charge on any atom is -0.493 e. The van der Waals surface area contributed by atoms with Crippen molar-refractivity contribution in [2.75, 3.05) is 13.7 Å². The molecule has 0 N–H and O–H groups in total. The Morgan fingerprint density at radius 3 is 2.73 bits per heavy atom. The fraction of sp³-hybridized carbons (Fsp3) is 0.190. The van der Waals surface area contributed by atoms with E-state index < -0.39 is 5.97 Å². The van der Waals surface area contributed by atoms with E-state index in [2.05, 4.69) is 6.58 Å². The molecule has 0 fully saturated rings. The highest BCUT2D eigenvalue weighted by Crippen LogP contribution is 2.37. The lowest BCUT2D eigenvalue weighted by Gasteiger charge is -2.14. The topological polar surface area (TPSA) is 44.8 Å². The predicted molar refractivity (Wildman–Crippen MR) is 104 cm³/mol. The third-order valence-electron chi connectivity index (χ3n) is 3.64. The van der Waals surface area contributed by atoms with Crippen LogP contribution in [-0.4, -0.2) is 19.7 Å². The van der Waals surface area contributed by atoms with E-state index in [4.69, 9.17) is 25.8 Å². The summed E-state index contributed by atoms with van der Waals surface area (Å²) in [6.07, 6.45) is 4.43. The summed E-state index contributed by atoms with van der Waals surface area (Å²) >= 11 is 6.35. The maximum absolute atomic E-state index is 11.5. The summed E-state index contributed by atoms with van der Waals surface area (Å²) in [6, 6.07) is 11.4. The lowest BCUT2D eigenvalue weighted by Crippen LogP contribution is -2.01.